The highest BCUT2D eigenvalue weighted by Gasteiger charge is 2.18. The summed E-state index contributed by atoms with van der Waals surface area (Å²) < 4.78 is 0. The third-order valence-corrected chi connectivity index (χ3v) is 3.72. The van der Waals surface area contributed by atoms with Crippen molar-refractivity contribution in [3.63, 3.8) is 0 Å². The smallest absolute Gasteiger partial charge is 0.257 e. The average molecular weight is 310 g/mol. The number of rotatable bonds is 5. The highest BCUT2D eigenvalue weighted by molar-refractivity contribution is 6.30. The van der Waals surface area contributed by atoms with Gasteiger partial charge in [-0.25, -0.2) is 0 Å². The predicted molar refractivity (Wildman–Crippen MR) is 82.4 cm³/mol. The van der Waals surface area contributed by atoms with Gasteiger partial charge in [-0.3, -0.25) is 19.8 Å². The molecule has 0 radical (unpaired) electrons. The normalized spacial score (nSPS) is 18.0. The lowest BCUT2D eigenvalue weighted by Crippen LogP contribution is -2.42. The van der Waals surface area contributed by atoms with Crippen molar-refractivity contribution >= 4 is 23.4 Å². The number of benzene rings is 1. The molecule has 2 N–H and O–H groups in total. The van der Waals surface area contributed by atoms with Crippen molar-refractivity contribution in [2.24, 2.45) is 0 Å². The molecule has 2 amide bonds. The van der Waals surface area contributed by atoms with Crippen LogP contribution in [0.1, 0.15) is 23.2 Å². The maximum absolute atomic E-state index is 11.9. The number of hydrogen-bond acceptors (Lipinski definition) is 4. The Morgan fingerprint density at radius 2 is 2.10 bits per heavy atom. The molecule has 2 rings (SSSR count). The van der Waals surface area contributed by atoms with Crippen LogP contribution in [0.4, 0.5) is 0 Å². The van der Waals surface area contributed by atoms with E-state index in [2.05, 4.69) is 10.6 Å². The third kappa shape index (κ3) is 5.12. The van der Waals surface area contributed by atoms with Crippen LogP contribution < -0.4 is 10.6 Å². The number of halogens is 1. The fraction of sp³-hybridized carbons (Fsp3) is 0.467. The summed E-state index contributed by atoms with van der Waals surface area (Å²) in [6.07, 6.45) is 2.31. The van der Waals surface area contributed by atoms with Crippen LogP contribution in [0.25, 0.3) is 0 Å². The molecular weight excluding hydrogens is 290 g/mol. The van der Waals surface area contributed by atoms with E-state index in [1.807, 2.05) is 11.9 Å². The average Bonchev–Trinajstić information content (AvgIpc) is 2.91. The Hall–Kier alpha value is -1.43. The van der Waals surface area contributed by atoms with Gasteiger partial charge in [-0.15, -0.1) is 0 Å². The Morgan fingerprint density at radius 3 is 2.71 bits per heavy atom. The van der Waals surface area contributed by atoms with Gasteiger partial charge in [0.15, 0.2) is 0 Å². The standard InChI is InChI=1S/C15H20ClN3O2/c1-19(9-13-3-2-8-17-13)10-14(20)18-15(21)11-4-6-12(16)7-5-11/h4-7,13,17H,2-3,8-10H2,1H3,(H,18,20,21). The summed E-state index contributed by atoms with van der Waals surface area (Å²) in [4.78, 5) is 25.7. The summed E-state index contributed by atoms with van der Waals surface area (Å²) in [6.45, 7) is 2.06. The van der Waals surface area contributed by atoms with Gasteiger partial charge in [-0.05, 0) is 50.7 Å². The van der Waals surface area contributed by atoms with Crippen LogP contribution in [0, 0.1) is 0 Å². The molecule has 1 fully saturated rings. The molecule has 0 aromatic heterocycles. The van der Waals surface area contributed by atoms with E-state index in [9.17, 15) is 9.59 Å². The van der Waals surface area contributed by atoms with Gasteiger partial charge < -0.3 is 5.32 Å². The Kier molecular flexibility index (Phi) is 5.73. The molecule has 6 heteroatoms. The van der Waals surface area contributed by atoms with E-state index in [0.717, 1.165) is 19.5 Å². The third-order valence-electron chi connectivity index (χ3n) is 3.47. The maximum Gasteiger partial charge on any atom is 0.257 e. The van der Waals surface area contributed by atoms with Crippen LogP contribution in [0.15, 0.2) is 24.3 Å². The topological polar surface area (TPSA) is 61.4 Å². The molecule has 0 aliphatic carbocycles. The molecule has 1 aliphatic rings. The predicted octanol–water partition coefficient (Wildman–Crippen LogP) is 1.28. The Balaban J connectivity index is 1.77. The Labute approximate surface area is 129 Å². The highest BCUT2D eigenvalue weighted by Crippen LogP contribution is 2.09. The zero-order valence-corrected chi connectivity index (χ0v) is 12.8. The number of nitrogens with one attached hydrogen (secondary N) is 2. The first kappa shape index (κ1) is 15.9. The van der Waals surface area contributed by atoms with Crippen molar-refractivity contribution in [2.45, 2.75) is 18.9 Å². The van der Waals surface area contributed by atoms with Gasteiger partial charge in [-0.2, -0.15) is 0 Å². The Bertz CT molecular complexity index is 498. The number of imide groups is 1. The van der Waals surface area contributed by atoms with Gasteiger partial charge in [0.2, 0.25) is 5.91 Å². The number of amides is 2. The summed E-state index contributed by atoms with van der Waals surface area (Å²) >= 11 is 5.76. The van der Waals surface area contributed by atoms with Crippen LogP contribution in [0.5, 0.6) is 0 Å². The summed E-state index contributed by atoms with van der Waals surface area (Å²) in [6, 6.07) is 6.88. The van der Waals surface area contributed by atoms with Gasteiger partial charge in [0.05, 0.1) is 6.54 Å². The molecule has 21 heavy (non-hydrogen) atoms. The molecule has 1 aromatic rings. The molecule has 0 spiro atoms. The van der Waals surface area contributed by atoms with Crippen molar-refractivity contribution in [1.29, 1.82) is 0 Å². The summed E-state index contributed by atoms with van der Waals surface area (Å²) in [5, 5.41) is 6.33. The number of nitrogens with zero attached hydrogens (tertiary/aromatic N) is 1. The summed E-state index contributed by atoms with van der Waals surface area (Å²) in [7, 11) is 1.88. The van der Waals surface area contributed by atoms with Gasteiger partial charge in [0.25, 0.3) is 5.91 Å². The molecule has 5 nitrogen and oxygen atoms in total. The van der Waals surface area contributed by atoms with E-state index in [1.165, 1.54) is 6.42 Å². The van der Waals surface area contributed by atoms with E-state index in [4.69, 9.17) is 11.6 Å². The maximum atomic E-state index is 11.9. The largest absolute Gasteiger partial charge is 0.313 e. The number of carbonyl (C=O) groups is 2. The van der Waals surface area contributed by atoms with Crippen LogP contribution in [-0.4, -0.2) is 49.4 Å². The quantitative estimate of drug-likeness (QED) is 0.860. The lowest BCUT2D eigenvalue weighted by Gasteiger charge is -2.20. The van der Waals surface area contributed by atoms with E-state index in [1.54, 1.807) is 24.3 Å². The second kappa shape index (κ2) is 7.54. The fourth-order valence-corrected chi connectivity index (χ4v) is 2.56. The van der Waals surface area contributed by atoms with Gasteiger partial charge in [0.1, 0.15) is 0 Å². The minimum absolute atomic E-state index is 0.206. The van der Waals surface area contributed by atoms with Crippen molar-refractivity contribution in [3.8, 4) is 0 Å². The molecule has 1 atom stereocenters. The first-order valence-electron chi connectivity index (χ1n) is 7.06. The van der Waals surface area contributed by atoms with Crippen molar-refractivity contribution < 1.29 is 9.59 Å². The lowest BCUT2D eigenvalue weighted by molar-refractivity contribution is -0.121. The molecule has 0 bridgehead atoms. The first-order valence-corrected chi connectivity index (χ1v) is 7.44. The number of likely N-dealkylation sites (N-methyl/N-ethyl adjacent to an activating group) is 1. The zero-order valence-electron chi connectivity index (χ0n) is 12.1. The molecule has 1 unspecified atom stereocenters. The van der Waals surface area contributed by atoms with Gasteiger partial charge in [0, 0.05) is 23.2 Å². The van der Waals surface area contributed by atoms with Gasteiger partial charge >= 0.3 is 0 Å². The molecule has 114 valence electrons. The van der Waals surface area contributed by atoms with Crippen LogP contribution in [0.2, 0.25) is 5.02 Å². The second-order valence-electron chi connectivity index (χ2n) is 5.37. The molecule has 0 saturated carbocycles. The molecule has 1 heterocycles. The van der Waals surface area contributed by atoms with E-state index in [0.29, 0.717) is 16.6 Å². The number of hydrogen-bond donors (Lipinski definition) is 2. The van der Waals surface area contributed by atoms with Crippen molar-refractivity contribution in [1.82, 2.24) is 15.5 Å². The minimum atomic E-state index is -0.399. The summed E-state index contributed by atoms with van der Waals surface area (Å²) in [5.41, 5.74) is 0.424. The lowest BCUT2D eigenvalue weighted by atomic mass is 10.2. The van der Waals surface area contributed by atoms with E-state index >= 15 is 0 Å². The summed E-state index contributed by atoms with van der Waals surface area (Å²) in [5.74, 6) is -0.695. The minimum Gasteiger partial charge on any atom is -0.313 e. The van der Waals surface area contributed by atoms with Crippen molar-refractivity contribution in [2.75, 3.05) is 26.7 Å². The first-order chi connectivity index (χ1) is 10.0. The molecule has 1 saturated heterocycles. The van der Waals surface area contributed by atoms with E-state index in [-0.39, 0.29) is 12.5 Å². The zero-order chi connectivity index (χ0) is 15.2. The van der Waals surface area contributed by atoms with Crippen LogP contribution >= 0.6 is 11.6 Å². The van der Waals surface area contributed by atoms with Gasteiger partial charge in [-0.1, -0.05) is 11.6 Å². The second-order valence-corrected chi connectivity index (χ2v) is 5.81. The fourth-order valence-electron chi connectivity index (χ4n) is 2.44. The SMILES string of the molecule is CN(CC(=O)NC(=O)c1ccc(Cl)cc1)CC1CCCN1. The van der Waals surface area contributed by atoms with Crippen LogP contribution in [0.3, 0.4) is 0 Å². The van der Waals surface area contributed by atoms with Crippen LogP contribution in [-0.2, 0) is 4.79 Å². The Morgan fingerprint density at radius 1 is 1.38 bits per heavy atom. The monoisotopic (exact) mass is 309 g/mol. The molecule has 1 aromatic carbocycles. The highest BCUT2D eigenvalue weighted by atomic mass is 35.5. The van der Waals surface area contributed by atoms with Crippen molar-refractivity contribution in [3.05, 3.63) is 34.9 Å². The number of carbonyl (C=O) groups excluding carboxylic acids is 2. The molecule has 1 aliphatic heterocycles. The molecular formula is C15H20ClN3O2. The van der Waals surface area contributed by atoms with E-state index < -0.39 is 5.91 Å².